The summed E-state index contributed by atoms with van der Waals surface area (Å²) in [5.41, 5.74) is 6.61. The lowest BCUT2D eigenvalue weighted by atomic mass is 9.87. The molecule has 0 spiro atoms. The van der Waals surface area contributed by atoms with E-state index in [1.807, 2.05) is 59.4 Å². The minimum absolute atomic E-state index is 0.0526. The molecule has 3 aromatic carbocycles. The van der Waals surface area contributed by atoms with Crippen LogP contribution in [0.5, 0.6) is 5.75 Å². The summed E-state index contributed by atoms with van der Waals surface area (Å²) in [4.78, 5) is 13.7. The van der Waals surface area contributed by atoms with E-state index >= 15 is 0 Å². The summed E-state index contributed by atoms with van der Waals surface area (Å²) in [5, 5.41) is 13.6. The number of ether oxygens (including phenoxy) is 1. The van der Waals surface area contributed by atoms with Crippen LogP contribution in [0, 0.1) is 0 Å². The molecular formula is C29H31N5O2S2. The van der Waals surface area contributed by atoms with E-state index in [1.54, 1.807) is 25.1 Å². The van der Waals surface area contributed by atoms with Gasteiger partial charge in [-0.05, 0) is 59.2 Å². The molecule has 0 saturated carbocycles. The number of benzene rings is 3. The maximum Gasteiger partial charge on any atom is 0.250 e. The fraction of sp³-hybridized carbons (Fsp3) is 0.241. The van der Waals surface area contributed by atoms with E-state index < -0.39 is 0 Å². The lowest BCUT2D eigenvalue weighted by Gasteiger charge is -2.19. The van der Waals surface area contributed by atoms with Crippen LogP contribution in [0.1, 0.15) is 31.9 Å². The van der Waals surface area contributed by atoms with Crippen molar-refractivity contribution < 1.29 is 9.53 Å². The van der Waals surface area contributed by atoms with Gasteiger partial charge in [0.15, 0.2) is 11.0 Å². The maximum atomic E-state index is 12.5. The molecule has 4 rings (SSSR count). The summed E-state index contributed by atoms with van der Waals surface area (Å²) < 4.78 is 7.28. The SMILES string of the molecule is COc1ccc(-n2c(SCC(=O)N/N=C\c3ccc(SC)cc3)nnc2-c2ccc(C(C)(C)C)cc2)cc1. The van der Waals surface area contributed by atoms with Gasteiger partial charge in [-0.3, -0.25) is 9.36 Å². The minimum atomic E-state index is -0.229. The Labute approximate surface area is 232 Å². The number of hydrogen-bond donors (Lipinski definition) is 1. The molecule has 196 valence electrons. The number of hydrogen-bond acceptors (Lipinski definition) is 7. The van der Waals surface area contributed by atoms with E-state index in [0.717, 1.165) is 22.6 Å². The van der Waals surface area contributed by atoms with Crippen LogP contribution < -0.4 is 10.2 Å². The zero-order chi connectivity index (χ0) is 27.1. The van der Waals surface area contributed by atoms with E-state index in [9.17, 15) is 4.79 Å². The number of thioether (sulfide) groups is 2. The van der Waals surface area contributed by atoms with E-state index in [4.69, 9.17) is 4.74 Å². The van der Waals surface area contributed by atoms with E-state index in [0.29, 0.717) is 11.0 Å². The summed E-state index contributed by atoms with van der Waals surface area (Å²) in [6.45, 7) is 6.56. The Hall–Kier alpha value is -3.56. The lowest BCUT2D eigenvalue weighted by molar-refractivity contribution is -0.118. The second-order valence-electron chi connectivity index (χ2n) is 9.52. The van der Waals surface area contributed by atoms with Crippen molar-refractivity contribution >= 4 is 35.6 Å². The maximum absolute atomic E-state index is 12.5. The Balaban J connectivity index is 1.52. The molecule has 38 heavy (non-hydrogen) atoms. The molecule has 1 heterocycles. The zero-order valence-corrected chi connectivity index (χ0v) is 23.8. The van der Waals surface area contributed by atoms with Crippen LogP contribution in [-0.4, -0.2) is 46.0 Å². The first-order valence-corrected chi connectivity index (χ1v) is 14.3. The molecule has 1 aromatic heterocycles. The average molecular weight is 546 g/mol. The molecule has 0 unspecified atom stereocenters. The third kappa shape index (κ3) is 6.85. The monoisotopic (exact) mass is 545 g/mol. The predicted octanol–water partition coefficient (Wildman–Crippen LogP) is 6.20. The largest absolute Gasteiger partial charge is 0.497 e. The van der Waals surface area contributed by atoms with Crippen LogP contribution in [0.15, 0.2) is 87.9 Å². The summed E-state index contributed by atoms with van der Waals surface area (Å²) in [5.74, 6) is 1.37. The van der Waals surface area contributed by atoms with Gasteiger partial charge in [0.2, 0.25) is 0 Å². The fourth-order valence-electron chi connectivity index (χ4n) is 3.66. The molecule has 9 heteroatoms. The van der Waals surface area contributed by atoms with Crippen LogP contribution in [-0.2, 0) is 10.2 Å². The summed E-state index contributed by atoms with van der Waals surface area (Å²) >= 11 is 2.98. The molecule has 0 radical (unpaired) electrons. The number of aromatic nitrogens is 3. The first-order chi connectivity index (χ1) is 18.3. The number of rotatable bonds is 9. The third-order valence-electron chi connectivity index (χ3n) is 5.82. The van der Waals surface area contributed by atoms with Gasteiger partial charge in [0.25, 0.3) is 5.91 Å². The number of amides is 1. The fourth-order valence-corrected chi connectivity index (χ4v) is 4.82. The predicted molar refractivity (Wildman–Crippen MR) is 157 cm³/mol. The highest BCUT2D eigenvalue weighted by Crippen LogP contribution is 2.30. The van der Waals surface area contributed by atoms with Crippen molar-refractivity contribution in [3.05, 3.63) is 83.9 Å². The molecule has 0 aliphatic carbocycles. The second-order valence-corrected chi connectivity index (χ2v) is 11.3. The van der Waals surface area contributed by atoms with Crippen LogP contribution in [0.25, 0.3) is 17.1 Å². The summed E-state index contributed by atoms with van der Waals surface area (Å²) in [7, 11) is 1.64. The molecule has 0 bridgehead atoms. The van der Waals surface area contributed by atoms with Crippen molar-refractivity contribution in [1.82, 2.24) is 20.2 Å². The number of nitrogens with zero attached hydrogens (tertiary/aromatic N) is 4. The smallest absolute Gasteiger partial charge is 0.250 e. The molecule has 0 atom stereocenters. The zero-order valence-electron chi connectivity index (χ0n) is 22.1. The molecular weight excluding hydrogens is 514 g/mol. The van der Waals surface area contributed by atoms with Crippen molar-refractivity contribution in [3.8, 4) is 22.8 Å². The Morgan fingerprint density at radius 1 is 1.00 bits per heavy atom. The number of nitrogens with one attached hydrogen (secondary N) is 1. The first-order valence-electron chi connectivity index (χ1n) is 12.1. The van der Waals surface area contributed by atoms with Gasteiger partial charge >= 0.3 is 0 Å². The van der Waals surface area contributed by atoms with Crippen LogP contribution in [0.4, 0.5) is 0 Å². The van der Waals surface area contributed by atoms with Gasteiger partial charge in [-0.15, -0.1) is 22.0 Å². The quantitative estimate of drug-likeness (QED) is 0.153. The minimum Gasteiger partial charge on any atom is -0.497 e. The number of carbonyl (C=O) groups excluding carboxylic acids is 1. The van der Waals surface area contributed by atoms with Gasteiger partial charge in [0.05, 0.1) is 19.1 Å². The molecule has 1 amide bonds. The summed E-state index contributed by atoms with van der Waals surface area (Å²) in [6, 6.07) is 24.0. The highest BCUT2D eigenvalue weighted by Gasteiger charge is 2.19. The topological polar surface area (TPSA) is 81.4 Å². The van der Waals surface area contributed by atoms with Gasteiger partial charge in [0, 0.05) is 16.1 Å². The molecule has 0 fully saturated rings. The highest BCUT2D eigenvalue weighted by molar-refractivity contribution is 7.99. The molecule has 0 saturated heterocycles. The van der Waals surface area contributed by atoms with Crippen molar-refractivity contribution in [2.75, 3.05) is 19.1 Å². The number of carbonyl (C=O) groups is 1. The van der Waals surface area contributed by atoms with Crippen molar-refractivity contribution in [1.29, 1.82) is 0 Å². The van der Waals surface area contributed by atoms with Crippen molar-refractivity contribution in [3.63, 3.8) is 0 Å². The summed E-state index contributed by atoms with van der Waals surface area (Å²) in [6.07, 6.45) is 3.66. The van der Waals surface area contributed by atoms with Gasteiger partial charge in [-0.1, -0.05) is 68.9 Å². The lowest BCUT2D eigenvalue weighted by Crippen LogP contribution is -2.20. The normalized spacial score (nSPS) is 11.6. The Bertz CT molecular complexity index is 1390. The Morgan fingerprint density at radius 3 is 2.29 bits per heavy atom. The van der Waals surface area contributed by atoms with E-state index in [-0.39, 0.29) is 17.1 Å². The van der Waals surface area contributed by atoms with Crippen LogP contribution in [0.2, 0.25) is 0 Å². The van der Waals surface area contributed by atoms with Crippen molar-refractivity contribution in [2.45, 2.75) is 36.2 Å². The standard InChI is InChI=1S/C29H31N5O2S2/c1-29(2,3)22-10-8-21(9-11-22)27-32-33-28(34(27)23-12-14-24(36-4)15-13-23)38-19-26(35)31-30-18-20-6-16-25(37-5)17-7-20/h6-18H,19H2,1-5H3,(H,31,35)/b30-18-. The first kappa shape index (κ1) is 27.5. The molecule has 0 aliphatic heterocycles. The highest BCUT2D eigenvalue weighted by atomic mass is 32.2. The molecule has 4 aromatic rings. The van der Waals surface area contributed by atoms with Gasteiger partial charge in [-0.25, -0.2) is 5.43 Å². The van der Waals surface area contributed by atoms with Gasteiger partial charge in [0.1, 0.15) is 5.75 Å². The molecule has 7 nitrogen and oxygen atoms in total. The molecule has 0 aliphatic rings. The molecule has 1 N–H and O–H groups in total. The van der Waals surface area contributed by atoms with Crippen molar-refractivity contribution in [2.24, 2.45) is 5.10 Å². The Morgan fingerprint density at radius 2 is 1.68 bits per heavy atom. The third-order valence-corrected chi connectivity index (χ3v) is 7.50. The second kappa shape index (κ2) is 12.3. The van der Waals surface area contributed by atoms with Crippen LogP contribution in [0.3, 0.4) is 0 Å². The van der Waals surface area contributed by atoms with Gasteiger partial charge in [-0.2, -0.15) is 5.10 Å². The van der Waals surface area contributed by atoms with E-state index in [1.165, 1.54) is 22.2 Å². The number of methoxy groups -OCH3 is 1. The van der Waals surface area contributed by atoms with Crippen LogP contribution >= 0.6 is 23.5 Å². The van der Waals surface area contributed by atoms with Gasteiger partial charge < -0.3 is 4.74 Å². The Kier molecular flexibility index (Phi) is 8.91. The number of hydrazone groups is 1. The average Bonchev–Trinajstić information content (AvgIpc) is 3.36. The van der Waals surface area contributed by atoms with E-state index in [2.05, 4.69) is 65.8 Å².